The summed E-state index contributed by atoms with van der Waals surface area (Å²) in [5, 5.41) is 10.7. The molecule has 208 valence electrons. The summed E-state index contributed by atoms with van der Waals surface area (Å²) in [6, 6.07) is 23.9. The Morgan fingerprint density at radius 1 is 0.875 bits per heavy atom. The van der Waals surface area contributed by atoms with Gasteiger partial charge in [0.15, 0.2) is 0 Å². The van der Waals surface area contributed by atoms with E-state index in [0.717, 1.165) is 22.5 Å². The topological polar surface area (TPSA) is 97.7 Å². The van der Waals surface area contributed by atoms with Crippen molar-refractivity contribution in [1.82, 2.24) is 14.7 Å². The van der Waals surface area contributed by atoms with Crippen molar-refractivity contribution in [1.29, 1.82) is 0 Å². The van der Waals surface area contributed by atoms with E-state index in [0.29, 0.717) is 29.5 Å². The molecule has 0 aliphatic carbocycles. The summed E-state index contributed by atoms with van der Waals surface area (Å²) in [5.74, 6) is 1.75. The Morgan fingerprint density at radius 2 is 1.48 bits per heavy atom. The van der Waals surface area contributed by atoms with Crippen molar-refractivity contribution in [2.45, 2.75) is 20.8 Å². The molecule has 1 aromatic heterocycles. The fraction of sp³-hybridized carbons (Fsp3) is 0.258. The summed E-state index contributed by atoms with van der Waals surface area (Å²) in [6.07, 6.45) is 0. The second-order valence-corrected chi connectivity index (χ2v) is 9.77. The molecule has 3 amide bonds. The van der Waals surface area contributed by atoms with Crippen LogP contribution in [0.1, 0.15) is 19.5 Å². The number of carbonyl (C=O) groups is 2. The molecule has 0 unspecified atom stereocenters. The van der Waals surface area contributed by atoms with Crippen molar-refractivity contribution in [3.63, 3.8) is 0 Å². The van der Waals surface area contributed by atoms with Crippen LogP contribution in [0, 0.1) is 12.8 Å². The Bertz CT molecular complexity index is 1430. The lowest BCUT2D eigenvalue weighted by Gasteiger charge is -2.24. The molecule has 0 saturated heterocycles. The molecule has 2 N–H and O–H groups in total. The van der Waals surface area contributed by atoms with Gasteiger partial charge in [0.1, 0.15) is 23.9 Å². The van der Waals surface area contributed by atoms with E-state index in [1.165, 1.54) is 4.90 Å². The SMILES string of the molecule is COc1ccc(NC(=O)N(CC(=O)Nc2c(-c3ccccc3)c(C)nn2-c2ccc(OC)cc2)CC(C)C)cc1. The minimum atomic E-state index is -0.364. The van der Waals surface area contributed by atoms with Crippen LogP contribution in [0.15, 0.2) is 78.9 Å². The number of methoxy groups -OCH3 is 2. The highest BCUT2D eigenvalue weighted by Gasteiger charge is 2.23. The van der Waals surface area contributed by atoms with Crippen molar-refractivity contribution < 1.29 is 19.1 Å². The molecule has 0 atom stereocenters. The molecular formula is C31H35N5O4. The molecule has 0 saturated carbocycles. The molecule has 1 heterocycles. The van der Waals surface area contributed by atoms with Crippen LogP contribution >= 0.6 is 0 Å². The van der Waals surface area contributed by atoms with Crippen LogP contribution in [-0.2, 0) is 4.79 Å². The second kappa shape index (κ2) is 12.8. The molecule has 40 heavy (non-hydrogen) atoms. The van der Waals surface area contributed by atoms with Crippen LogP contribution in [0.5, 0.6) is 11.5 Å². The number of hydrogen-bond donors (Lipinski definition) is 2. The van der Waals surface area contributed by atoms with E-state index in [-0.39, 0.29) is 24.4 Å². The number of amides is 3. The Hall–Kier alpha value is -4.79. The zero-order valence-electron chi connectivity index (χ0n) is 23.5. The van der Waals surface area contributed by atoms with Crippen LogP contribution in [0.2, 0.25) is 0 Å². The number of carbonyl (C=O) groups excluding carboxylic acids is 2. The van der Waals surface area contributed by atoms with Gasteiger partial charge in [-0.25, -0.2) is 9.48 Å². The first-order valence-corrected chi connectivity index (χ1v) is 13.1. The highest BCUT2D eigenvalue weighted by atomic mass is 16.5. The van der Waals surface area contributed by atoms with Gasteiger partial charge >= 0.3 is 6.03 Å². The van der Waals surface area contributed by atoms with Crippen LogP contribution < -0.4 is 20.1 Å². The molecule has 0 spiro atoms. The molecule has 0 radical (unpaired) electrons. The lowest BCUT2D eigenvalue weighted by atomic mass is 10.1. The number of rotatable bonds is 10. The molecular weight excluding hydrogens is 506 g/mol. The van der Waals surface area contributed by atoms with Crippen LogP contribution in [0.3, 0.4) is 0 Å². The molecule has 0 fully saturated rings. The van der Waals surface area contributed by atoms with E-state index in [2.05, 4.69) is 10.6 Å². The lowest BCUT2D eigenvalue weighted by molar-refractivity contribution is -0.116. The zero-order valence-corrected chi connectivity index (χ0v) is 23.5. The Balaban J connectivity index is 1.62. The quantitative estimate of drug-likeness (QED) is 0.257. The van der Waals surface area contributed by atoms with E-state index in [9.17, 15) is 9.59 Å². The predicted octanol–water partition coefficient (Wildman–Crippen LogP) is 5.99. The Labute approximate surface area is 234 Å². The van der Waals surface area contributed by atoms with Gasteiger partial charge in [-0.2, -0.15) is 5.10 Å². The Morgan fingerprint density at radius 3 is 2.05 bits per heavy atom. The predicted molar refractivity (Wildman–Crippen MR) is 157 cm³/mol. The van der Waals surface area contributed by atoms with Crippen molar-refractivity contribution in [2.75, 3.05) is 37.9 Å². The largest absolute Gasteiger partial charge is 0.497 e. The molecule has 0 aliphatic rings. The normalized spacial score (nSPS) is 10.8. The maximum atomic E-state index is 13.5. The summed E-state index contributed by atoms with van der Waals surface area (Å²) < 4.78 is 12.2. The number of benzene rings is 3. The maximum absolute atomic E-state index is 13.5. The van der Waals surface area contributed by atoms with Crippen molar-refractivity contribution in [2.24, 2.45) is 5.92 Å². The molecule has 4 rings (SSSR count). The van der Waals surface area contributed by atoms with Gasteiger partial charge in [0.05, 0.1) is 25.6 Å². The second-order valence-electron chi connectivity index (χ2n) is 9.77. The monoisotopic (exact) mass is 541 g/mol. The number of urea groups is 1. The van der Waals surface area contributed by atoms with E-state index < -0.39 is 0 Å². The van der Waals surface area contributed by atoms with Gasteiger partial charge < -0.3 is 25.0 Å². The molecule has 3 aromatic carbocycles. The average molecular weight is 542 g/mol. The Kier molecular flexibility index (Phi) is 9.06. The van der Waals surface area contributed by atoms with Crippen LogP contribution in [0.4, 0.5) is 16.3 Å². The molecule has 0 bridgehead atoms. The number of nitrogens with one attached hydrogen (secondary N) is 2. The fourth-order valence-corrected chi connectivity index (χ4v) is 4.39. The smallest absolute Gasteiger partial charge is 0.322 e. The minimum Gasteiger partial charge on any atom is -0.497 e. The highest BCUT2D eigenvalue weighted by Crippen LogP contribution is 2.33. The third-order valence-electron chi connectivity index (χ3n) is 6.25. The van der Waals surface area contributed by atoms with Crippen LogP contribution in [-0.4, -0.2) is 53.9 Å². The molecule has 4 aromatic rings. The molecule has 0 aliphatic heterocycles. The van der Waals surface area contributed by atoms with Crippen molar-refractivity contribution in [3.8, 4) is 28.3 Å². The number of nitrogens with zero attached hydrogens (tertiary/aromatic N) is 3. The zero-order chi connectivity index (χ0) is 28.6. The minimum absolute atomic E-state index is 0.138. The van der Waals surface area contributed by atoms with Gasteiger partial charge in [-0.15, -0.1) is 0 Å². The lowest BCUT2D eigenvalue weighted by Crippen LogP contribution is -2.42. The van der Waals surface area contributed by atoms with Gasteiger partial charge in [-0.1, -0.05) is 44.2 Å². The van der Waals surface area contributed by atoms with Gasteiger partial charge in [-0.3, -0.25) is 4.79 Å². The van der Waals surface area contributed by atoms with E-state index >= 15 is 0 Å². The van der Waals surface area contributed by atoms with Crippen LogP contribution in [0.25, 0.3) is 16.8 Å². The summed E-state index contributed by atoms with van der Waals surface area (Å²) in [4.78, 5) is 28.2. The molecule has 9 nitrogen and oxygen atoms in total. The number of aromatic nitrogens is 2. The first-order valence-electron chi connectivity index (χ1n) is 13.1. The number of anilines is 2. The summed E-state index contributed by atoms with van der Waals surface area (Å²) in [7, 11) is 3.20. The first-order chi connectivity index (χ1) is 19.3. The summed E-state index contributed by atoms with van der Waals surface area (Å²) in [5.41, 5.74) is 3.86. The average Bonchev–Trinajstić information content (AvgIpc) is 3.28. The van der Waals surface area contributed by atoms with E-state index in [1.54, 1.807) is 43.2 Å². The summed E-state index contributed by atoms with van der Waals surface area (Å²) >= 11 is 0. The third kappa shape index (κ3) is 6.79. The first kappa shape index (κ1) is 28.2. The molecule has 9 heteroatoms. The standard InChI is InChI=1S/C31H35N5O4/c1-21(2)19-35(31(38)32-24-11-15-26(39-4)16-12-24)20-28(37)33-30-29(23-9-7-6-8-10-23)22(3)34-36(30)25-13-17-27(40-5)18-14-25/h6-18,21H,19-20H2,1-5H3,(H,32,38)(H,33,37). The van der Waals surface area contributed by atoms with Crippen molar-refractivity contribution in [3.05, 3.63) is 84.6 Å². The number of aryl methyl sites for hydroxylation is 1. The van der Waals surface area contributed by atoms with Crippen molar-refractivity contribution >= 4 is 23.4 Å². The van der Waals surface area contributed by atoms with Gasteiger partial charge in [0.2, 0.25) is 5.91 Å². The summed E-state index contributed by atoms with van der Waals surface area (Å²) in [6.45, 7) is 6.17. The van der Waals surface area contributed by atoms with Gasteiger partial charge in [0, 0.05) is 17.8 Å². The number of ether oxygens (including phenoxy) is 2. The van der Waals surface area contributed by atoms with E-state index in [4.69, 9.17) is 14.6 Å². The van der Waals surface area contributed by atoms with Gasteiger partial charge in [-0.05, 0) is 66.9 Å². The van der Waals surface area contributed by atoms with E-state index in [1.807, 2.05) is 75.4 Å². The number of hydrogen-bond acceptors (Lipinski definition) is 5. The maximum Gasteiger partial charge on any atom is 0.322 e. The highest BCUT2D eigenvalue weighted by molar-refractivity contribution is 5.99. The fourth-order valence-electron chi connectivity index (χ4n) is 4.39. The van der Waals surface area contributed by atoms with Gasteiger partial charge in [0.25, 0.3) is 0 Å². The third-order valence-corrected chi connectivity index (χ3v) is 6.25.